The average Bonchev–Trinajstić information content (AvgIpc) is 3.56. The monoisotopic (exact) mass is 562 g/mol. The summed E-state index contributed by atoms with van der Waals surface area (Å²) in [6.07, 6.45) is 0. The van der Waals surface area contributed by atoms with E-state index in [4.69, 9.17) is 0 Å². The van der Waals surface area contributed by atoms with Crippen LogP contribution >= 0.6 is 0 Å². The molecule has 8 rings (SSSR count). The van der Waals surface area contributed by atoms with Crippen LogP contribution in [0.1, 0.15) is 22.3 Å². The molecule has 6 aromatic carbocycles. The van der Waals surface area contributed by atoms with Crippen molar-refractivity contribution in [1.29, 1.82) is 10.5 Å². The number of nitriles is 2. The number of aromatic nitrogens is 2. The van der Waals surface area contributed by atoms with Crippen LogP contribution in [0.3, 0.4) is 0 Å². The number of rotatable bonds is 3. The van der Waals surface area contributed by atoms with E-state index in [1.165, 1.54) is 32.7 Å². The molecule has 206 valence electrons. The topological polar surface area (TPSA) is 57.4 Å². The molecule has 0 fully saturated rings. The molecule has 0 bridgehead atoms. The molecule has 0 unspecified atom stereocenters. The van der Waals surface area contributed by atoms with Crippen LogP contribution in [0.25, 0.3) is 66.1 Å². The summed E-state index contributed by atoms with van der Waals surface area (Å²) >= 11 is 0. The molecule has 8 aromatic rings. The molecule has 4 nitrogen and oxygen atoms in total. The van der Waals surface area contributed by atoms with E-state index in [2.05, 4.69) is 126 Å². The maximum absolute atomic E-state index is 10.6. The Labute approximate surface area is 254 Å². The van der Waals surface area contributed by atoms with Gasteiger partial charge in [0, 0.05) is 27.1 Å². The summed E-state index contributed by atoms with van der Waals surface area (Å²) in [5, 5.41) is 24.9. The smallest absolute Gasteiger partial charge is 0.0998 e. The normalized spacial score (nSPS) is 11.4. The molecule has 2 heterocycles. The number of para-hydroxylation sites is 2. The maximum Gasteiger partial charge on any atom is 0.0998 e. The predicted octanol–water partition coefficient (Wildman–Crippen LogP) is 9.91. The molecule has 0 radical (unpaired) electrons. The maximum atomic E-state index is 10.6. The molecule has 44 heavy (non-hydrogen) atoms. The summed E-state index contributed by atoms with van der Waals surface area (Å²) in [5.74, 6) is 0. The van der Waals surface area contributed by atoms with Crippen molar-refractivity contribution < 1.29 is 0 Å². The van der Waals surface area contributed by atoms with Gasteiger partial charge in [-0.25, -0.2) is 0 Å². The van der Waals surface area contributed by atoms with Gasteiger partial charge in [0.2, 0.25) is 0 Å². The number of nitrogens with zero attached hydrogens (tertiary/aromatic N) is 4. The molecule has 0 aliphatic heterocycles. The number of fused-ring (bicyclic) bond motifs is 6. The van der Waals surface area contributed by atoms with Gasteiger partial charge in [0.1, 0.15) is 0 Å². The molecule has 0 amide bonds. The summed E-state index contributed by atoms with van der Waals surface area (Å²) in [5.41, 5.74) is 11.3. The van der Waals surface area contributed by atoms with E-state index in [0.29, 0.717) is 11.1 Å². The van der Waals surface area contributed by atoms with Crippen LogP contribution in [-0.2, 0) is 0 Å². The van der Waals surface area contributed by atoms with E-state index < -0.39 is 0 Å². The highest BCUT2D eigenvalue weighted by molar-refractivity contribution is 6.12. The second-order valence-electron chi connectivity index (χ2n) is 11.4. The number of hydrogen-bond acceptors (Lipinski definition) is 2. The van der Waals surface area contributed by atoms with Gasteiger partial charge in [-0.3, -0.25) is 0 Å². The number of benzene rings is 6. The van der Waals surface area contributed by atoms with E-state index in [1.807, 2.05) is 24.3 Å². The van der Waals surface area contributed by atoms with E-state index >= 15 is 0 Å². The first kappa shape index (κ1) is 25.6. The van der Waals surface area contributed by atoms with Gasteiger partial charge in [-0.05, 0) is 80.1 Å². The minimum atomic E-state index is 0.550. The first-order valence-electron chi connectivity index (χ1n) is 14.6. The number of aryl methyl sites for hydroxylation is 2. The fourth-order valence-corrected chi connectivity index (χ4v) is 6.72. The van der Waals surface area contributed by atoms with E-state index in [0.717, 1.165) is 44.6 Å². The standard InChI is InChI=1S/C40H26N4/c1-25-14-16-37-33(18-25)30-10-3-5-12-35(30)43(37)39-21-29(24-42)32(28-9-7-8-27(20-28)23-41)22-40(39)44-36-13-6-4-11-31(36)34-19-26(2)15-17-38(34)44/h3-22H,1-2H3. The van der Waals surface area contributed by atoms with Crippen molar-refractivity contribution in [2.24, 2.45) is 0 Å². The van der Waals surface area contributed by atoms with Gasteiger partial charge in [0.15, 0.2) is 0 Å². The lowest BCUT2D eigenvalue weighted by Gasteiger charge is -2.19. The Kier molecular flexibility index (Phi) is 5.66. The van der Waals surface area contributed by atoms with Crippen molar-refractivity contribution in [3.63, 3.8) is 0 Å². The fourth-order valence-electron chi connectivity index (χ4n) is 6.72. The van der Waals surface area contributed by atoms with E-state index in [-0.39, 0.29) is 0 Å². The quantitative estimate of drug-likeness (QED) is 0.215. The minimum Gasteiger partial charge on any atom is -0.307 e. The summed E-state index contributed by atoms with van der Waals surface area (Å²) in [4.78, 5) is 0. The first-order chi connectivity index (χ1) is 21.6. The van der Waals surface area contributed by atoms with E-state index in [1.54, 1.807) is 6.07 Å². The number of hydrogen-bond donors (Lipinski definition) is 0. The van der Waals surface area contributed by atoms with Gasteiger partial charge in [-0.15, -0.1) is 0 Å². The molecule has 4 heteroatoms. The van der Waals surface area contributed by atoms with Gasteiger partial charge >= 0.3 is 0 Å². The van der Waals surface area contributed by atoms with Crippen LogP contribution < -0.4 is 0 Å². The van der Waals surface area contributed by atoms with Crippen molar-refractivity contribution in [1.82, 2.24) is 9.13 Å². The van der Waals surface area contributed by atoms with Crippen LogP contribution in [-0.4, -0.2) is 9.13 Å². The molecule has 0 atom stereocenters. The van der Waals surface area contributed by atoms with Crippen LogP contribution in [0.2, 0.25) is 0 Å². The molecular formula is C40H26N4. The van der Waals surface area contributed by atoms with Gasteiger partial charge in [-0.2, -0.15) is 10.5 Å². The van der Waals surface area contributed by atoms with Crippen molar-refractivity contribution in [2.75, 3.05) is 0 Å². The lowest BCUT2D eigenvalue weighted by Crippen LogP contribution is -2.05. The molecule has 0 saturated carbocycles. The van der Waals surface area contributed by atoms with Crippen LogP contribution in [0.15, 0.2) is 121 Å². The molecule has 2 aromatic heterocycles. The Morgan fingerprint density at radius 1 is 0.477 bits per heavy atom. The predicted molar refractivity (Wildman–Crippen MR) is 179 cm³/mol. The van der Waals surface area contributed by atoms with Crippen molar-refractivity contribution in [3.8, 4) is 34.6 Å². The Balaban J connectivity index is 1.58. The lowest BCUT2D eigenvalue weighted by molar-refractivity contribution is 1.09. The van der Waals surface area contributed by atoms with Crippen LogP contribution in [0, 0.1) is 36.5 Å². The third-order valence-corrected chi connectivity index (χ3v) is 8.68. The summed E-state index contributed by atoms with van der Waals surface area (Å²) in [7, 11) is 0. The van der Waals surface area contributed by atoms with Crippen LogP contribution in [0.4, 0.5) is 0 Å². The molecule has 0 saturated heterocycles. The van der Waals surface area contributed by atoms with Crippen molar-refractivity contribution in [3.05, 3.63) is 144 Å². The zero-order valence-corrected chi connectivity index (χ0v) is 24.3. The fraction of sp³-hybridized carbons (Fsp3) is 0.0500. The SMILES string of the molecule is Cc1ccc2c(c1)c1ccccc1n2-c1cc(C#N)c(-c2cccc(C#N)c2)cc1-n1c2ccccc2c2cc(C)ccc21. The van der Waals surface area contributed by atoms with Gasteiger partial charge < -0.3 is 9.13 Å². The Bertz CT molecular complexity index is 2550. The van der Waals surface area contributed by atoms with Crippen molar-refractivity contribution >= 4 is 43.6 Å². The van der Waals surface area contributed by atoms with Gasteiger partial charge in [-0.1, -0.05) is 71.8 Å². The Morgan fingerprint density at radius 3 is 1.59 bits per heavy atom. The summed E-state index contributed by atoms with van der Waals surface area (Å²) in [6.45, 7) is 4.24. The van der Waals surface area contributed by atoms with Crippen molar-refractivity contribution in [2.45, 2.75) is 13.8 Å². The summed E-state index contributed by atoms with van der Waals surface area (Å²) < 4.78 is 4.62. The molecule has 0 aliphatic rings. The Hall–Kier alpha value is -6.10. The third kappa shape index (κ3) is 3.76. The Morgan fingerprint density at radius 2 is 1.02 bits per heavy atom. The highest BCUT2D eigenvalue weighted by Crippen LogP contribution is 2.41. The molecule has 0 N–H and O–H groups in total. The second kappa shape index (κ2) is 9.73. The molecule has 0 spiro atoms. The lowest BCUT2D eigenvalue weighted by atomic mass is 9.97. The molecule has 0 aliphatic carbocycles. The van der Waals surface area contributed by atoms with E-state index in [9.17, 15) is 10.5 Å². The van der Waals surface area contributed by atoms with Crippen LogP contribution in [0.5, 0.6) is 0 Å². The second-order valence-corrected chi connectivity index (χ2v) is 11.4. The zero-order valence-electron chi connectivity index (χ0n) is 24.3. The largest absolute Gasteiger partial charge is 0.307 e. The zero-order chi connectivity index (χ0) is 29.9. The average molecular weight is 563 g/mol. The summed E-state index contributed by atoms with van der Waals surface area (Å²) in [6, 6.07) is 46.5. The first-order valence-corrected chi connectivity index (χ1v) is 14.6. The minimum absolute atomic E-state index is 0.550. The molecular weight excluding hydrogens is 536 g/mol. The highest BCUT2D eigenvalue weighted by atomic mass is 15.1. The highest BCUT2D eigenvalue weighted by Gasteiger charge is 2.22. The van der Waals surface area contributed by atoms with Gasteiger partial charge in [0.05, 0.1) is 56.7 Å². The van der Waals surface area contributed by atoms with Gasteiger partial charge in [0.25, 0.3) is 0 Å². The third-order valence-electron chi connectivity index (χ3n) is 8.68.